The fourth-order valence-corrected chi connectivity index (χ4v) is 5.31. The molecule has 3 aromatic rings. The van der Waals surface area contributed by atoms with Gasteiger partial charge in [-0.2, -0.15) is 13.5 Å². The fraction of sp³-hybridized carbons (Fsp3) is 0.381. The monoisotopic (exact) mass is 478 g/mol. The molecule has 0 fully saturated rings. The number of hydrogen-bond donors (Lipinski definition) is 2. The number of fused-ring (bicyclic) bond motifs is 1. The lowest BCUT2D eigenvalue weighted by Crippen LogP contribution is -2.50. The van der Waals surface area contributed by atoms with E-state index in [1.165, 1.54) is 6.07 Å². The summed E-state index contributed by atoms with van der Waals surface area (Å²) in [4.78, 5) is 12.8. The Labute approximate surface area is 191 Å². The van der Waals surface area contributed by atoms with Crippen LogP contribution in [0, 0.1) is 5.92 Å². The first-order valence-corrected chi connectivity index (χ1v) is 12.2. The summed E-state index contributed by atoms with van der Waals surface area (Å²) in [5.74, 6) is 0.570. The quantitative estimate of drug-likeness (QED) is 0.459. The molecule has 0 saturated heterocycles. The third-order valence-electron chi connectivity index (χ3n) is 4.93. The van der Waals surface area contributed by atoms with Crippen molar-refractivity contribution in [2.75, 3.05) is 20.8 Å². The molecule has 3 rings (SSSR count). The predicted molar refractivity (Wildman–Crippen MR) is 123 cm³/mol. The number of rotatable bonds is 10. The molecule has 11 heteroatoms. The summed E-state index contributed by atoms with van der Waals surface area (Å²) in [5.41, 5.74) is 1.74. The SMILES string of the molecule is COc1ccc(CCNC(=O)[C@H](NS(=O)(=O)c2cccc3nsnc23)C(C)C)cc1OC. The molecule has 1 heterocycles. The first-order chi connectivity index (χ1) is 15.3. The van der Waals surface area contributed by atoms with Crippen LogP contribution in [0.5, 0.6) is 11.5 Å². The number of amides is 1. The summed E-state index contributed by atoms with van der Waals surface area (Å²) in [6, 6.07) is 9.35. The molecular formula is C21H26N4O5S2. The lowest BCUT2D eigenvalue weighted by molar-refractivity contribution is -0.123. The lowest BCUT2D eigenvalue weighted by Gasteiger charge is -2.21. The van der Waals surface area contributed by atoms with Gasteiger partial charge in [-0.3, -0.25) is 4.79 Å². The Morgan fingerprint density at radius 2 is 1.84 bits per heavy atom. The Kier molecular flexibility index (Phi) is 7.64. The number of benzene rings is 2. The number of sulfonamides is 1. The maximum absolute atomic E-state index is 13.0. The van der Waals surface area contributed by atoms with Crippen molar-refractivity contribution in [3.05, 3.63) is 42.0 Å². The molecule has 32 heavy (non-hydrogen) atoms. The van der Waals surface area contributed by atoms with Crippen molar-refractivity contribution in [2.45, 2.75) is 31.2 Å². The largest absolute Gasteiger partial charge is 0.493 e. The zero-order chi connectivity index (χ0) is 23.3. The van der Waals surface area contributed by atoms with Crippen molar-refractivity contribution < 1.29 is 22.7 Å². The van der Waals surface area contributed by atoms with E-state index in [1.807, 2.05) is 12.1 Å². The zero-order valence-electron chi connectivity index (χ0n) is 18.3. The van der Waals surface area contributed by atoms with Crippen LogP contribution < -0.4 is 19.5 Å². The van der Waals surface area contributed by atoms with E-state index in [2.05, 4.69) is 18.8 Å². The summed E-state index contributed by atoms with van der Waals surface area (Å²) >= 11 is 0.940. The highest BCUT2D eigenvalue weighted by atomic mass is 32.2. The normalized spacial score (nSPS) is 12.7. The third kappa shape index (κ3) is 5.34. The highest BCUT2D eigenvalue weighted by molar-refractivity contribution is 7.89. The predicted octanol–water partition coefficient (Wildman–Crippen LogP) is 2.37. The van der Waals surface area contributed by atoms with E-state index in [0.29, 0.717) is 35.5 Å². The van der Waals surface area contributed by atoms with Crippen molar-refractivity contribution in [3.8, 4) is 11.5 Å². The second kappa shape index (κ2) is 10.2. The average molecular weight is 479 g/mol. The molecule has 1 atom stereocenters. The van der Waals surface area contributed by atoms with Crippen LogP contribution in [-0.2, 0) is 21.2 Å². The molecule has 172 valence electrons. The minimum atomic E-state index is -3.98. The van der Waals surface area contributed by atoms with Crippen molar-refractivity contribution in [2.24, 2.45) is 5.92 Å². The van der Waals surface area contributed by atoms with E-state index in [4.69, 9.17) is 9.47 Å². The Morgan fingerprint density at radius 3 is 2.53 bits per heavy atom. The van der Waals surface area contributed by atoms with Gasteiger partial charge in [0, 0.05) is 6.54 Å². The van der Waals surface area contributed by atoms with Crippen LogP contribution in [-0.4, -0.2) is 49.9 Å². The second-order valence-electron chi connectivity index (χ2n) is 7.46. The smallest absolute Gasteiger partial charge is 0.243 e. The minimum absolute atomic E-state index is 0.00697. The molecular weight excluding hydrogens is 452 g/mol. The molecule has 0 bridgehead atoms. The summed E-state index contributed by atoms with van der Waals surface area (Å²) in [6.45, 7) is 3.91. The van der Waals surface area contributed by atoms with E-state index < -0.39 is 22.0 Å². The maximum atomic E-state index is 13.0. The molecule has 0 aliphatic heterocycles. The van der Waals surface area contributed by atoms with Gasteiger partial charge < -0.3 is 14.8 Å². The molecule has 9 nitrogen and oxygen atoms in total. The van der Waals surface area contributed by atoms with Gasteiger partial charge in [-0.1, -0.05) is 26.0 Å². The number of carbonyl (C=O) groups is 1. The Balaban J connectivity index is 1.68. The van der Waals surface area contributed by atoms with Crippen LogP contribution in [0.1, 0.15) is 19.4 Å². The van der Waals surface area contributed by atoms with Crippen LogP contribution >= 0.6 is 11.7 Å². The van der Waals surface area contributed by atoms with Crippen LogP contribution in [0.4, 0.5) is 0 Å². The highest BCUT2D eigenvalue weighted by Gasteiger charge is 2.29. The number of methoxy groups -OCH3 is 2. The standard InChI is InChI=1S/C21H26N4O5S2/c1-13(2)19(25-32(27,28)18-7-5-6-15-20(18)24-31-23-15)21(26)22-11-10-14-8-9-16(29-3)17(12-14)30-4/h5-9,12-13,19,25H,10-11H2,1-4H3,(H,22,26)/t19-/m1/s1. The first-order valence-electron chi connectivity index (χ1n) is 9.99. The molecule has 0 aliphatic rings. The van der Waals surface area contributed by atoms with E-state index in [9.17, 15) is 13.2 Å². The van der Waals surface area contributed by atoms with E-state index in [0.717, 1.165) is 17.3 Å². The highest BCUT2D eigenvalue weighted by Crippen LogP contribution is 2.27. The van der Waals surface area contributed by atoms with Gasteiger partial charge in [0.15, 0.2) is 11.5 Å². The van der Waals surface area contributed by atoms with E-state index in [1.54, 1.807) is 46.3 Å². The molecule has 0 radical (unpaired) electrons. The van der Waals surface area contributed by atoms with Gasteiger partial charge in [-0.15, -0.1) is 0 Å². The molecule has 2 aromatic carbocycles. The first kappa shape index (κ1) is 23.9. The topological polar surface area (TPSA) is 120 Å². The summed E-state index contributed by atoms with van der Waals surface area (Å²) in [6.07, 6.45) is 0.549. The molecule has 1 aromatic heterocycles. The average Bonchev–Trinajstić information content (AvgIpc) is 3.26. The van der Waals surface area contributed by atoms with Crippen molar-refractivity contribution in [1.82, 2.24) is 18.8 Å². The molecule has 0 saturated carbocycles. The molecule has 0 unspecified atom stereocenters. The van der Waals surface area contributed by atoms with E-state index in [-0.39, 0.29) is 10.8 Å². The second-order valence-corrected chi connectivity index (χ2v) is 9.67. The summed E-state index contributed by atoms with van der Waals surface area (Å²) in [7, 11) is -0.851. The van der Waals surface area contributed by atoms with Gasteiger partial charge in [0.05, 0.1) is 25.9 Å². The lowest BCUT2D eigenvalue weighted by atomic mass is 10.0. The van der Waals surface area contributed by atoms with Crippen molar-refractivity contribution in [1.29, 1.82) is 0 Å². The number of aromatic nitrogens is 2. The van der Waals surface area contributed by atoms with Crippen LogP contribution in [0.2, 0.25) is 0 Å². The molecule has 1 amide bonds. The van der Waals surface area contributed by atoms with Crippen molar-refractivity contribution in [3.63, 3.8) is 0 Å². The third-order valence-corrected chi connectivity index (χ3v) is 6.95. The molecule has 2 N–H and O–H groups in total. The van der Waals surface area contributed by atoms with Gasteiger partial charge in [0.25, 0.3) is 0 Å². The summed E-state index contributed by atoms with van der Waals surface area (Å²) < 4.78 is 47.2. The number of ether oxygens (including phenoxy) is 2. The fourth-order valence-electron chi connectivity index (χ4n) is 3.20. The van der Waals surface area contributed by atoms with Crippen molar-refractivity contribution >= 4 is 38.7 Å². The molecule has 0 aliphatic carbocycles. The Morgan fingerprint density at radius 1 is 1.09 bits per heavy atom. The number of hydrogen-bond acceptors (Lipinski definition) is 8. The van der Waals surface area contributed by atoms with Gasteiger partial charge >= 0.3 is 0 Å². The Hall–Kier alpha value is -2.76. The van der Waals surface area contributed by atoms with E-state index >= 15 is 0 Å². The van der Waals surface area contributed by atoms with Crippen LogP contribution in [0.3, 0.4) is 0 Å². The van der Waals surface area contributed by atoms with Crippen LogP contribution in [0.25, 0.3) is 11.0 Å². The van der Waals surface area contributed by atoms with Gasteiger partial charge in [0.1, 0.15) is 22.0 Å². The summed E-state index contributed by atoms with van der Waals surface area (Å²) in [5, 5.41) is 2.82. The number of nitrogens with one attached hydrogen (secondary N) is 2. The van der Waals surface area contributed by atoms with Gasteiger partial charge in [-0.25, -0.2) is 8.42 Å². The maximum Gasteiger partial charge on any atom is 0.243 e. The zero-order valence-corrected chi connectivity index (χ0v) is 19.9. The van der Waals surface area contributed by atoms with Crippen LogP contribution in [0.15, 0.2) is 41.3 Å². The number of carbonyl (C=O) groups excluding carboxylic acids is 1. The van der Waals surface area contributed by atoms with Gasteiger partial charge in [0.2, 0.25) is 15.9 Å². The Bertz CT molecular complexity index is 1190. The molecule has 0 spiro atoms. The minimum Gasteiger partial charge on any atom is -0.493 e. The van der Waals surface area contributed by atoms with Gasteiger partial charge in [-0.05, 0) is 42.2 Å². The number of nitrogens with zero attached hydrogens (tertiary/aromatic N) is 2.